The number of rotatable bonds is 2. The Morgan fingerprint density at radius 1 is 1.35 bits per heavy atom. The van der Waals surface area contributed by atoms with E-state index in [1.54, 1.807) is 0 Å². The van der Waals surface area contributed by atoms with Crippen LogP contribution >= 0.6 is 0 Å². The summed E-state index contributed by atoms with van der Waals surface area (Å²) in [5.41, 5.74) is 1.88. The maximum Gasteiger partial charge on any atom is 0.319 e. The van der Waals surface area contributed by atoms with E-state index in [9.17, 15) is 9.59 Å². The van der Waals surface area contributed by atoms with Gasteiger partial charge in [0.15, 0.2) is 0 Å². The molecule has 90 valence electrons. The molecule has 5 heteroatoms. The molecule has 0 saturated carbocycles. The van der Waals surface area contributed by atoms with E-state index in [1.807, 2.05) is 31.2 Å². The molecule has 3 amide bonds. The van der Waals surface area contributed by atoms with E-state index in [4.69, 9.17) is 0 Å². The number of hydrogen-bond acceptors (Lipinski definition) is 2. The normalized spacial score (nSPS) is 18.6. The van der Waals surface area contributed by atoms with E-state index in [1.165, 1.54) is 0 Å². The van der Waals surface area contributed by atoms with E-state index < -0.39 is 0 Å². The Labute approximate surface area is 99.6 Å². The van der Waals surface area contributed by atoms with Gasteiger partial charge in [0.1, 0.15) is 0 Å². The standard InChI is InChI=1S/C12H15N3O2/c1-8-2-4-9(5-3-8)14-12(17)15-10-6-11(16)13-7-10/h2-5,10H,6-7H2,1H3,(H,13,16)(H2,14,15,17). The van der Waals surface area contributed by atoms with Gasteiger partial charge in [-0.2, -0.15) is 0 Å². The molecule has 1 saturated heterocycles. The van der Waals surface area contributed by atoms with Crippen molar-refractivity contribution in [2.24, 2.45) is 0 Å². The van der Waals surface area contributed by atoms with Gasteiger partial charge in [0, 0.05) is 18.7 Å². The van der Waals surface area contributed by atoms with E-state index in [-0.39, 0.29) is 18.0 Å². The van der Waals surface area contributed by atoms with Gasteiger partial charge in [0.2, 0.25) is 5.91 Å². The molecule has 1 aliphatic heterocycles. The summed E-state index contributed by atoms with van der Waals surface area (Å²) in [6, 6.07) is 7.13. The third kappa shape index (κ3) is 3.21. The van der Waals surface area contributed by atoms with Gasteiger partial charge >= 0.3 is 6.03 Å². The summed E-state index contributed by atoms with van der Waals surface area (Å²) in [7, 11) is 0. The summed E-state index contributed by atoms with van der Waals surface area (Å²) in [4.78, 5) is 22.5. The molecule has 2 rings (SSSR count). The molecule has 0 aromatic heterocycles. The predicted molar refractivity (Wildman–Crippen MR) is 64.7 cm³/mol. The Kier molecular flexibility index (Phi) is 3.27. The first-order valence-electron chi connectivity index (χ1n) is 5.54. The van der Waals surface area contributed by atoms with E-state index in [0.29, 0.717) is 13.0 Å². The average molecular weight is 233 g/mol. The summed E-state index contributed by atoms with van der Waals surface area (Å²) >= 11 is 0. The lowest BCUT2D eigenvalue weighted by Gasteiger charge is -2.11. The predicted octanol–water partition coefficient (Wildman–Crippen LogP) is 1.01. The smallest absolute Gasteiger partial charge is 0.319 e. The van der Waals surface area contributed by atoms with Crippen LogP contribution in [0.4, 0.5) is 10.5 Å². The van der Waals surface area contributed by atoms with Gasteiger partial charge in [-0.3, -0.25) is 4.79 Å². The SMILES string of the molecule is Cc1ccc(NC(=O)NC2CNC(=O)C2)cc1. The summed E-state index contributed by atoms with van der Waals surface area (Å²) in [6.07, 6.45) is 0.349. The van der Waals surface area contributed by atoms with Crippen molar-refractivity contribution in [3.63, 3.8) is 0 Å². The number of nitrogens with one attached hydrogen (secondary N) is 3. The number of aryl methyl sites for hydroxylation is 1. The third-order valence-electron chi connectivity index (χ3n) is 2.62. The van der Waals surface area contributed by atoms with Crippen molar-refractivity contribution in [3.05, 3.63) is 29.8 Å². The molecular formula is C12H15N3O2. The van der Waals surface area contributed by atoms with Crippen LogP contribution in [-0.4, -0.2) is 24.5 Å². The molecule has 0 bridgehead atoms. The van der Waals surface area contributed by atoms with Gasteiger partial charge in [-0.15, -0.1) is 0 Å². The van der Waals surface area contributed by atoms with Gasteiger partial charge in [-0.05, 0) is 19.1 Å². The van der Waals surface area contributed by atoms with Crippen LogP contribution < -0.4 is 16.0 Å². The molecule has 0 aliphatic carbocycles. The molecule has 3 N–H and O–H groups in total. The van der Waals surface area contributed by atoms with E-state index in [0.717, 1.165) is 11.3 Å². The maximum absolute atomic E-state index is 11.6. The lowest BCUT2D eigenvalue weighted by Crippen LogP contribution is -2.39. The second-order valence-electron chi connectivity index (χ2n) is 4.17. The van der Waals surface area contributed by atoms with E-state index in [2.05, 4.69) is 16.0 Å². The molecule has 0 spiro atoms. The zero-order chi connectivity index (χ0) is 12.3. The lowest BCUT2D eigenvalue weighted by atomic mass is 10.2. The minimum absolute atomic E-state index is 0.0226. The number of urea groups is 1. The van der Waals surface area contributed by atoms with Crippen molar-refractivity contribution in [2.75, 3.05) is 11.9 Å². The third-order valence-corrected chi connectivity index (χ3v) is 2.62. The van der Waals surface area contributed by atoms with E-state index >= 15 is 0 Å². The molecular weight excluding hydrogens is 218 g/mol. The molecule has 0 radical (unpaired) electrons. The first-order chi connectivity index (χ1) is 8.13. The monoisotopic (exact) mass is 233 g/mol. The fourth-order valence-electron chi connectivity index (χ4n) is 1.70. The number of hydrogen-bond donors (Lipinski definition) is 3. The van der Waals surface area contributed by atoms with Crippen LogP contribution in [0.25, 0.3) is 0 Å². The van der Waals surface area contributed by atoms with Crippen LogP contribution in [0.15, 0.2) is 24.3 Å². The second-order valence-corrected chi connectivity index (χ2v) is 4.17. The highest BCUT2D eigenvalue weighted by atomic mass is 16.2. The van der Waals surface area contributed by atoms with Gasteiger partial charge in [0.25, 0.3) is 0 Å². The lowest BCUT2D eigenvalue weighted by molar-refractivity contribution is -0.119. The van der Waals surface area contributed by atoms with Crippen LogP contribution in [0.5, 0.6) is 0 Å². The summed E-state index contributed by atoms with van der Waals surface area (Å²) in [6.45, 7) is 2.49. The minimum Gasteiger partial charge on any atom is -0.354 e. The number of carbonyl (C=O) groups excluding carboxylic acids is 2. The van der Waals surface area contributed by atoms with Gasteiger partial charge in [0.05, 0.1) is 6.04 Å². The molecule has 1 fully saturated rings. The first-order valence-corrected chi connectivity index (χ1v) is 5.54. The van der Waals surface area contributed by atoms with Crippen molar-refractivity contribution in [1.29, 1.82) is 0 Å². The summed E-state index contributed by atoms with van der Waals surface area (Å²) < 4.78 is 0. The number of anilines is 1. The fraction of sp³-hybridized carbons (Fsp3) is 0.333. The zero-order valence-electron chi connectivity index (χ0n) is 9.62. The highest BCUT2D eigenvalue weighted by molar-refractivity contribution is 5.90. The van der Waals surface area contributed by atoms with Crippen LogP contribution in [0.2, 0.25) is 0 Å². The van der Waals surface area contributed by atoms with Crippen LogP contribution in [-0.2, 0) is 4.79 Å². The van der Waals surface area contributed by atoms with Crippen molar-refractivity contribution < 1.29 is 9.59 Å². The first kappa shape index (κ1) is 11.4. The van der Waals surface area contributed by atoms with Crippen molar-refractivity contribution in [3.8, 4) is 0 Å². The Bertz CT molecular complexity index is 428. The fourth-order valence-corrected chi connectivity index (χ4v) is 1.70. The molecule has 17 heavy (non-hydrogen) atoms. The number of amides is 3. The quantitative estimate of drug-likeness (QED) is 0.713. The highest BCUT2D eigenvalue weighted by Gasteiger charge is 2.22. The summed E-state index contributed by atoms with van der Waals surface area (Å²) in [5, 5.41) is 8.13. The van der Waals surface area contributed by atoms with Crippen molar-refractivity contribution in [2.45, 2.75) is 19.4 Å². The minimum atomic E-state index is -0.282. The molecule has 1 atom stereocenters. The number of carbonyl (C=O) groups is 2. The van der Waals surface area contributed by atoms with Crippen LogP contribution in [0, 0.1) is 6.92 Å². The topological polar surface area (TPSA) is 70.2 Å². The molecule has 1 heterocycles. The highest BCUT2D eigenvalue weighted by Crippen LogP contribution is 2.08. The van der Waals surface area contributed by atoms with Crippen LogP contribution in [0.1, 0.15) is 12.0 Å². The second kappa shape index (κ2) is 4.86. The Hall–Kier alpha value is -2.04. The van der Waals surface area contributed by atoms with Gasteiger partial charge in [-0.25, -0.2) is 4.79 Å². The van der Waals surface area contributed by atoms with Gasteiger partial charge < -0.3 is 16.0 Å². The Morgan fingerprint density at radius 2 is 2.06 bits per heavy atom. The molecule has 1 unspecified atom stereocenters. The molecule has 1 aromatic rings. The zero-order valence-corrected chi connectivity index (χ0v) is 9.62. The largest absolute Gasteiger partial charge is 0.354 e. The molecule has 1 aliphatic rings. The van der Waals surface area contributed by atoms with Crippen LogP contribution in [0.3, 0.4) is 0 Å². The number of benzene rings is 1. The Morgan fingerprint density at radius 3 is 2.65 bits per heavy atom. The average Bonchev–Trinajstić information content (AvgIpc) is 2.67. The summed E-state index contributed by atoms with van der Waals surface area (Å²) in [5.74, 6) is -0.0226. The Balaban J connectivity index is 1.85. The van der Waals surface area contributed by atoms with Gasteiger partial charge in [-0.1, -0.05) is 17.7 Å². The van der Waals surface area contributed by atoms with Crippen molar-refractivity contribution >= 4 is 17.6 Å². The molecule has 5 nitrogen and oxygen atoms in total. The van der Waals surface area contributed by atoms with Crippen molar-refractivity contribution in [1.82, 2.24) is 10.6 Å². The molecule has 1 aromatic carbocycles. The maximum atomic E-state index is 11.6.